The fourth-order valence-corrected chi connectivity index (χ4v) is 4.83. The van der Waals surface area contributed by atoms with E-state index in [2.05, 4.69) is 14.1 Å². The first-order chi connectivity index (χ1) is 15.0. The van der Waals surface area contributed by atoms with Crippen molar-refractivity contribution in [1.82, 2.24) is 14.1 Å². The average Bonchev–Trinajstić information content (AvgIpc) is 3.55. The van der Waals surface area contributed by atoms with Crippen molar-refractivity contribution < 1.29 is 28.6 Å². The van der Waals surface area contributed by atoms with E-state index in [4.69, 9.17) is 9.47 Å². The minimum Gasteiger partial charge on any atom is -0.472 e. The van der Waals surface area contributed by atoms with Gasteiger partial charge in [0, 0.05) is 19.1 Å². The van der Waals surface area contributed by atoms with E-state index in [0.29, 0.717) is 36.8 Å². The molecule has 1 amide bonds. The van der Waals surface area contributed by atoms with Crippen LogP contribution in [0, 0.1) is 5.82 Å². The van der Waals surface area contributed by atoms with Crippen LogP contribution in [0.15, 0.2) is 24.4 Å². The molecular formula is C19H20FN5O5S. The van der Waals surface area contributed by atoms with Crippen molar-refractivity contribution in [2.24, 2.45) is 0 Å². The van der Waals surface area contributed by atoms with E-state index in [-0.39, 0.29) is 25.0 Å². The van der Waals surface area contributed by atoms with Crippen LogP contribution in [0.2, 0.25) is 0 Å². The maximum absolute atomic E-state index is 15.0. The van der Waals surface area contributed by atoms with Crippen molar-refractivity contribution in [3.05, 3.63) is 30.2 Å². The van der Waals surface area contributed by atoms with Gasteiger partial charge in [-0.15, -0.1) is 4.37 Å². The van der Waals surface area contributed by atoms with Crippen molar-refractivity contribution in [2.45, 2.75) is 24.1 Å². The molecule has 0 aliphatic carbocycles. The molecule has 0 spiro atoms. The van der Waals surface area contributed by atoms with E-state index in [9.17, 15) is 14.7 Å². The molecule has 5 rings (SSSR count). The summed E-state index contributed by atoms with van der Waals surface area (Å²) in [6, 6.07) is 4.53. The number of rotatable bonds is 7. The highest BCUT2D eigenvalue weighted by Gasteiger charge is 2.54. The van der Waals surface area contributed by atoms with Gasteiger partial charge in [0.25, 0.3) is 0 Å². The van der Waals surface area contributed by atoms with E-state index in [1.807, 2.05) is 4.90 Å². The van der Waals surface area contributed by atoms with Crippen LogP contribution in [0.25, 0.3) is 0 Å². The maximum Gasteiger partial charge on any atom is 0.414 e. The SMILES string of the molecule is O=C1O[C@@H](COc2cnsn2)CN1c1ccc(N2C[C@]3(C(=O)CO)C[C@H]2CN3)c(F)c1. The molecule has 12 heteroatoms. The second kappa shape index (κ2) is 7.70. The molecule has 0 radical (unpaired) electrons. The minimum absolute atomic E-state index is 0.0330. The van der Waals surface area contributed by atoms with Crippen LogP contribution in [0.5, 0.6) is 5.88 Å². The van der Waals surface area contributed by atoms with Gasteiger partial charge in [0.1, 0.15) is 25.2 Å². The third-order valence-electron chi connectivity index (χ3n) is 6.00. The molecule has 3 aliphatic rings. The Balaban J connectivity index is 1.28. The third kappa shape index (κ3) is 3.50. The Bertz CT molecular complexity index is 1010. The Morgan fingerprint density at radius 3 is 3.10 bits per heavy atom. The quantitative estimate of drug-likeness (QED) is 0.625. The smallest absolute Gasteiger partial charge is 0.414 e. The molecule has 3 fully saturated rings. The Kier molecular flexibility index (Phi) is 4.99. The van der Waals surface area contributed by atoms with Crippen molar-refractivity contribution in [3.8, 4) is 5.88 Å². The summed E-state index contributed by atoms with van der Waals surface area (Å²) in [5.41, 5.74) is -0.0809. The highest BCUT2D eigenvalue weighted by atomic mass is 32.1. The van der Waals surface area contributed by atoms with Crippen molar-refractivity contribution in [2.75, 3.05) is 42.6 Å². The largest absolute Gasteiger partial charge is 0.472 e. The standard InChI is InChI=1S/C19H20FN5O5S/c20-14-3-11(24-7-13(30-18(24)28)9-29-17-6-22-31-23-17)1-2-15(14)25-10-19(16(27)8-26)4-12(25)5-21-19/h1-3,6,12-13,21,26H,4-5,7-10H2/t12-,13+,19-/m0/s1. The third-order valence-corrected chi connectivity index (χ3v) is 6.46. The first kappa shape index (κ1) is 20.1. The number of fused-ring (bicyclic) bond motifs is 2. The van der Waals surface area contributed by atoms with Crippen LogP contribution in [-0.2, 0) is 9.53 Å². The second-order valence-electron chi connectivity index (χ2n) is 7.84. The lowest BCUT2D eigenvalue weighted by atomic mass is 9.95. The number of ketones is 1. The summed E-state index contributed by atoms with van der Waals surface area (Å²) in [5.74, 6) is -0.407. The summed E-state index contributed by atoms with van der Waals surface area (Å²) < 4.78 is 33.5. The van der Waals surface area contributed by atoms with E-state index in [1.54, 1.807) is 12.1 Å². The van der Waals surface area contributed by atoms with Gasteiger partial charge in [0.05, 0.1) is 35.2 Å². The number of cyclic esters (lactones) is 1. The number of carbonyl (C=O) groups is 2. The van der Waals surface area contributed by atoms with Crippen LogP contribution in [0.3, 0.4) is 0 Å². The molecule has 1 aromatic heterocycles. The molecule has 0 unspecified atom stereocenters. The molecule has 3 atom stereocenters. The number of amides is 1. The molecule has 10 nitrogen and oxygen atoms in total. The number of aliphatic hydroxyl groups is 1. The lowest BCUT2D eigenvalue weighted by molar-refractivity contribution is -0.127. The molecule has 3 aliphatic heterocycles. The Hall–Kier alpha value is -2.83. The van der Waals surface area contributed by atoms with Gasteiger partial charge in [0.2, 0.25) is 5.88 Å². The van der Waals surface area contributed by atoms with Gasteiger partial charge < -0.3 is 24.8 Å². The highest BCUT2D eigenvalue weighted by Crippen LogP contribution is 2.39. The molecule has 2 bridgehead atoms. The number of ether oxygens (including phenoxy) is 2. The first-order valence-corrected chi connectivity index (χ1v) is 10.6. The Labute approximate surface area is 180 Å². The number of halogens is 1. The number of piperazine rings is 1. The van der Waals surface area contributed by atoms with Gasteiger partial charge >= 0.3 is 6.09 Å². The number of Topliss-reactive ketones (excluding diaryl/α,β-unsaturated/α-hetero) is 1. The average molecular weight is 449 g/mol. The first-order valence-electron chi connectivity index (χ1n) is 9.83. The fraction of sp³-hybridized carbons (Fsp3) is 0.474. The van der Waals surface area contributed by atoms with Gasteiger partial charge in [-0.3, -0.25) is 9.69 Å². The summed E-state index contributed by atoms with van der Waals surface area (Å²) in [5, 5.41) is 12.4. The zero-order valence-corrected chi connectivity index (χ0v) is 17.2. The summed E-state index contributed by atoms with van der Waals surface area (Å²) in [6.07, 6.45) is 0.921. The number of hydrogen-bond acceptors (Lipinski definition) is 10. The summed E-state index contributed by atoms with van der Waals surface area (Å²) in [7, 11) is 0. The molecular weight excluding hydrogens is 429 g/mol. The monoisotopic (exact) mass is 449 g/mol. The normalized spacial score (nSPS) is 27.1. The molecule has 164 valence electrons. The fourth-order valence-electron chi connectivity index (χ4n) is 4.47. The number of aromatic nitrogens is 2. The summed E-state index contributed by atoms with van der Waals surface area (Å²) in [4.78, 5) is 27.7. The van der Waals surface area contributed by atoms with Gasteiger partial charge in [-0.2, -0.15) is 4.37 Å². The van der Waals surface area contributed by atoms with Crippen LogP contribution in [0.4, 0.5) is 20.6 Å². The molecule has 2 aromatic rings. The topological polar surface area (TPSA) is 117 Å². The van der Waals surface area contributed by atoms with E-state index < -0.39 is 30.2 Å². The van der Waals surface area contributed by atoms with Crippen molar-refractivity contribution >= 4 is 35.0 Å². The highest BCUT2D eigenvalue weighted by molar-refractivity contribution is 6.99. The number of carbonyl (C=O) groups excluding carboxylic acids is 2. The van der Waals surface area contributed by atoms with Gasteiger partial charge in [-0.25, -0.2) is 9.18 Å². The van der Waals surface area contributed by atoms with Gasteiger partial charge in [-0.1, -0.05) is 0 Å². The van der Waals surface area contributed by atoms with Gasteiger partial charge in [0.15, 0.2) is 11.9 Å². The predicted octanol–water partition coefficient (Wildman–Crippen LogP) is 0.563. The number of anilines is 2. The van der Waals surface area contributed by atoms with Crippen molar-refractivity contribution in [1.29, 1.82) is 0 Å². The molecule has 2 N–H and O–H groups in total. The van der Waals surface area contributed by atoms with Crippen LogP contribution in [0.1, 0.15) is 6.42 Å². The maximum atomic E-state index is 15.0. The van der Waals surface area contributed by atoms with E-state index in [0.717, 1.165) is 11.7 Å². The summed E-state index contributed by atoms with van der Waals surface area (Å²) >= 11 is 1.02. The molecule has 1 aromatic carbocycles. The summed E-state index contributed by atoms with van der Waals surface area (Å²) in [6.45, 7) is 0.638. The van der Waals surface area contributed by atoms with Crippen LogP contribution >= 0.6 is 11.7 Å². The molecule has 31 heavy (non-hydrogen) atoms. The Morgan fingerprint density at radius 2 is 2.35 bits per heavy atom. The van der Waals surface area contributed by atoms with Gasteiger partial charge in [-0.05, 0) is 24.6 Å². The Morgan fingerprint density at radius 1 is 1.48 bits per heavy atom. The number of nitrogens with zero attached hydrogens (tertiary/aromatic N) is 4. The zero-order valence-electron chi connectivity index (χ0n) is 16.4. The number of benzene rings is 1. The predicted molar refractivity (Wildman–Crippen MR) is 108 cm³/mol. The minimum atomic E-state index is -0.830. The number of nitrogens with one attached hydrogen (secondary N) is 1. The van der Waals surface area contributed by atoms with E-state index >= 15 is 4.39 Å². The molecule has 0 saturated carbocycles. The zero-order chi connectivity index (χ0) is 21.6. The van der Waals surface area contributed by atoms with Crippen LogP contribution in [-0.4, -0.2) is 76.3 Å². The number of aliphatic hydroxyl groups excluding tert-OH is 1. The molecule has 4 heterocycles. The number of hydrogen-bond donors (Lipinski definition) is 2. The van der Waals surface area contributed by atoms with E-state index in [1.165, 1.54) is 17.2 Å². The second-order valence-corrected chi connectivity index (χ2v) is 8.40. The van der Waals surface area contributed by atoms with Crippen LogP contribution < -0.4 is 19.9 Å². The molecule has 3 saturated heterocycles. The van der Waals surface area contributed by atoms with Crippen molar-refractivity contribution in [3.63, 3.8) is 0 Å². The lowest BCUT2D eigenvalue weighted by Gasteiger charge is -2.34. The lowest BCUT2D eigenvalue weighted by Crippen LogP contribution is -2.57.